The molecule has 1 unspecified atom stereocenters. The molecule has 0 aliphatic carbocycles. The number of nitrogens with zero attached hydrogens (tertiary/aromatic N) is 1. The highest BCUT2D eigenvalue weighted by atomic mass is 16.5. The molecule has 0 bridgehead atoms. The highest BCUT2D eigenvalue weighted by Crippen LogP contribution is 2.13. The van der Waals surface area contributed by atoms with Gasteiger partial charge < -0.3 is 19.7 Å². The zero-order valence-electron chi connectivity index (χ0n) is 10.7. The second kappa shape index (κ2) is 6.19. The Labute approximate surface area is 111 Å². The highest BCUT2D eigenvalue weighted by Gasteiger charge is 2.32. The third-order valence-corrected chi connectivity index (χ3v) is 2.84. The van der Waals surface area contributed by atoms with Crippen molar-refractivity contribution in [2.45, 2.75) is 6.17 Å². The number of carbonyl (C=O) groups excluding carboxylic acids is 2. The second-order valence-corrected chi connectivity index (χ2v) is 4.08. The molecule has 2 rings (SSSR count). The minimum Gasteiger partial charge on any atom is -0.466 e. The Balaban J connectivity index is 2.16. The van der Waals surface area contributed by atoms with Gasteiger partial charge in [-0.25, -0.2) is 4.79 Å². The maximum absolute atomic E-state index is 11.8. The molecule has 1 saturated heterocycles. The van der Waals surface area contributed by atoms with Gasteiger partial charge in [0, 0.05) is 12.2 Å². The number of anilines is 1. The van der Waals surface area contributed by atoms with Crippen LogP contribution in [0.3, 0.4) is 0 Å². The number of morpholine rings is 1. The number of hydrogen-bond donors (Lipinski definition) is 1. The lowest BCUT2D eigenvalue weighted by Gasteiger charge is -2.33. The molecule has 1 heterocycles. The van der Waals surface area contributed by atoms with Crippen LogP contribution < -0.4 is 5.32 Å². The predicted molar refractivity (Wildman–Crippen MR) is 68.4 cm³/mol. The summed E-state index contributed by atoms with van der Waals surface area (Å²) in [5.41, 5.74) is 0.747. The van der Waals surface area contributed by atoms with Crippen LogP contribution in [0.4, 0.5) is 5.69 Å². The van der Waals surface area contributed by atoms with Gasteiger partial charge in [0.25, 0.3) is 5.91 Å². The molecule has 1 aromatic rings. The average Bonchev–Trinajstić information content (AvgIpc) is 2.46. The summed E-state index contributed by atoms with van der Waals surface area (Å²) in [6.07, 6.45) is -0.830. The van der Waals surface area contributed by atoms with Crippen molar-refractivity contribution in [3.8, 4) is 0 Å². The molecular weight excluding hydrogens is 248 g/mol. The first-order valence-corrected chi connectivity index (χ1v) is 5.99. The van der Waals surface area contributed by atoms with Gasteiger partial charge in [0.15, 0.2) is 0 Å². The average molecular weight is 264 g/mol. The largest absolute Gasteiger partial charge is 0.466 e. The van der Waals surface area contributed by atoms with Crippen LogP contribution in [0.5, 0.6) is 0 Å². The van der Waals surface area contributed by atoms with Crippen LogP contribution in [-0.4, -0.2) is 49.8 Å². The number of carbonyl (C=O) groups is 2. The molecule has 6 nitrogen and oxygen atoms in total. The van der Waals surface area contributed by atoms with Crippen molar-refractivity contribution in [3.05, 3.63) is 30.3 Å². The summed E-state index contributed by atoms with van der Waals surface area (Å²) in [5.74, 6) is -0.732. The van der Waals surface area contributed by atoms with E-state index >= 15 is 0 Å². The van der Waals surface area contributed by atoms with E-state index in [1.165, 1.54) is 12.0 Å². The molecule has 1 fully saturated rings. The molecule has 1 amide bonds. The molecule has 0 aromatic heterocycles. The van der Waals surface area contributed by atoms with E-state index in [-0.39, 0.29) is 12.5 Å². The summed E-state index contributed by atoms with van der Waals surface area (Å²) >= 11 is 0. The molecule has 1 aliphatic rings. The van der Waals surface area contributed by atoms with Crippen molar-refractivity contribution in [2.24, 2.45) is 0 Å². The molecule has 1 aromatic carbocycles. The first kappa shape index (κ1) is 13.4. The number of amides is 1. The number of rotatable bonds is 4. The van der Waals surface area contributed by atoms with Crippen LogP contribution in [0.25, 0.3) is 0 Å². The van der Waals surface area contributed by atoms with Crippen LogP contribution >= 0.6 is 0 Å². The molecule has 0 radical (unpaired) electrons. The molecule has 1 N–H and O–H groups in total. The van der Waals surface area contributed by atoms with E-state index in [4.69, 9.17) is 9.47 Å². The zero-order chi connectivity index (χ0) is 13.7. The van der Waals surface area contributed by atoms with Gasteiger partial charge in [-0.2, -0.15) is 0 Å². The molecule has 102 valence electrons. The van der Waals surface area contributed by atoms with Crippen molar-refractivity contribution in [2.75, 3.05) is 32.2 Å². The standard InChI is InChI=1S/C13H16N2O4/c1-18-13(17)12(14-10-5-3-2-4-6-10)15-7-8-19-9-11(15)16/h2-6,12,14H,7-9H2,1H3. The van der Waals surface area contributed by atoms with E-state index in [1.807, 2.05) is 30.3 Å². The Morgan fingerprint density at radius 3 is 2.79 bits per heavy atom. The molecule has 1 aliphatic heterocycles. The SMILES string of the molecule is COC(=O)C(Nc1ccccc1)N1CCOCC1=O. The van der Waals surface area contributed by atoms with Crippen molar-refractivity contribution >= 4 is 17.6 Å². The van der Waals surface area contributed by atoms with Crippen LogP contribution in [0.2, 0.25) is 0 Å². The van der Waals surface area contributed by atoms with E-state index in [0.29, 0.717) is 13.2 Å². The number of ether oxygens (including phenoxy) is 2. The van der Waals surface area contributed by atoms with Crippen LogP contribution in [0, 0.1) is 0 Å². The van der Waals surface area contributed by atoms with Gasteiger partial charge in [0.2, 0.25) is 6.17 Å². The van der Waals surface area contributed by atoms with Crippen LogP contribution in [-0.2, 0) is 19.1 Å². The van der Waals surface area contributed by atoms with Gasteiger partial charge >= 0.3 is 5.97 Å². The van der Waals surface area contributed by atoms with E-state index < -0.39 is 12.1 Å². The molecule has 0 saturated carbocycles. The van der Waals surface area contributed by atoms with Crippen molar-refractivity contribution in [1.82, 2.24) is 4.90 Å². The van der Waals surface area contributed by atoms with Gasteiger partial charge in [-0.1, -0.05) is 18.2 Å². The van der Waals surface area contributed by atoms with Gasteiger partial charge in [0.1, 0.15) is 6.61 Å². The third kappa shape index (κ3) is 3.23. The van der Waals surface area contributed by atoms with Gasteiger partial charge in [-0.15, -0.1) is 0 Å². The fourth-order valence-corrected chi connectivity index (χ4v) is 1.87. The Bertz CT molecular complexity index is 449. The lowest BCUT2D eigenvalue weighted by Crippen LogP contribution is -2.54. The Morgan fingerprint density at radius 2 is 2.16 bits per heavy atom. The highest BCUT2D eigenvalue weighted by molar-refractivity contribution is 5.87. The Hall–Kier alpha value is -2.08. The summed E-state index contributed by atoms with van der Waals surface area (Å²) in [4.78, 5) is 25.1. The quantitative estimate of drug-likeness (QED) is 0.800. The normalized spacial score (nSPS) is 16.9. The molecule has 0 spiro atoms. The number of methoxy groups -OCH3 is 1. The van der Waals surface area contributed by atoms with Crippen molar-refractivity contribution < 1.29 is 19.1 Å². The lowest BCUT2D eigenvalue weighted by molar-refractivity contribution is -0.157. The van der Waals surface area contributed by atoms with Crippen molar-refractivity contribution in [1.29, 1.82) is 0 Å². The number of benzene rings is 1. The predicted octanol–water partition coefficient (Wildman–Crippen LogP) is 0.456. The minimum absolute atomic E-state index is 0.00996. The summed E-state index contributed by atoms with van der Waals surface area (Å²) in [6, 6.07) is 9.20. The van der Waals surface area contributed by atoms with Gasteiger partial charge in [-0.3, -0.25) is 4.79 Å². The topological polar surface area (TPSA) is 67.9 Å². The summed E-state index contributed by atoms with van der Waals surface area (Å²) in [7, 11) is 1.30. The first-order chi connectivity index (χ1) is 9.22. The zero-order valence-corrected chi connectivity index (χ0v) is 10.7. The maximum Gasteiger partial charge on any atom is 0.349 e. The summed E-state index contributed by atoms with van der Waals surface area (Å²) in [5, 5.41) is 3.00. The number of nitrogens with one attached hydrogen (secondary N) is 1. The van der Waals surface area contributed by atoms with Crippen LogP contribution in [0.1, 0.15) is 0 Å². The first-order valence-electron chi connectivity index (χ1n) is 5.99. The van der Waals surface area contributed by atoms with Crippen LogP contribution in [0.15, 0.2) is 30.3 Å². The summed E-state index contributed by atoms with van der Waals surface area (Å²) < 4.78 is 9.80. The number of esters is 1. The fourth-order valence-electron chi connectivity index (χ4n) is 1.87. The molecular formula is C13H16N2O4. The second-order valence-electron chi connectivity index (χ2n) is 4.08. The van der Waals surface area contributed by atoms with Crippen molar-refractivity contribution in [3.63, 3.8) is 0 Å². The molecule has 19 heavy (non-hydrogen) atoms. The van der Waals surface area contributed by atoms with E-state index in [9.17, 15) is 9.59 Å². The van der Waals surface area contributed by atoms with Gasteiger partial charge in [-0.05, 0) is 12.1 Å². The molecule has 6 heteroatoms. The third-order valence-electron chi connectivity index (χ3n) is 2.84. The van der Waals surface area contributed by atoms with Gasteiger partial charge in [0.05, 0.1) is 13.7 Å². The Kier molecular flexibility index (Phi) is 4.35. The van der Waals surface area contributed by atoms with E-state index in [0.717, 1.165) is 5.69 Å². The lowest BCUT2D eigenvalue weighted by atomic mass is 10.3. The van der Waals surface area contributed by atoms with E-state index in [2.05, 4.69) is 5.32 Å². The minimum atomic E-state index is -0.830. The Morgan fingerprint density at radius 1 is 1.42 bits per heavy atom. The maximum atomic E-state index is 11.8. The smallest absolute Gasteiger partial charge is 0.349 e. The van der Waals surface area contributed by atoms with E-state index in [1.54, 1.807) is 0 Å². The number of hydrogen-bond acceptors (Lipinski definition) is 5. The monoisotopic (exact) mass is 264 g/mol. The molecule has 1 atom stereocenters. The summed E-state index contributed by atoms with van der Waals surface area (Å²) in [6.45, 7) is 0.762. The fraction of sp³-hybridized carbons (Fsp3) is 0.385. The number of para-hydroxylation sites is 1.